The molecule has 1 fully saturated rings. The summed E-state index contributed by atoms with van der Waals surface area (Å²) < 4.78 is 7.82. The van der Waals surface area contributed by atoms with Crippen LogP contribution >= 0.6 is 0 Å². The van der Waals surface area contributed by atoms with Gasteiger partial charge in [0.05, 0.1) is 19.4 Å². The number of fused-ring (bicyclic) bond motifs is 1. The Morgan fingerprint density at radius 2 is 1.87 bits per heavy atom. The molecular weight excluding hydrogens is 402 g/mol. The Morgan fingerprint density at radius 1 is 1.16 bits per heavy atom. The minimum atomic E-state index is -1.26. The minimum absolute atomic E-state index is 0.558. The van der Waals surface area contributed by atoms with Crippen LogP contribution in [0.2, 0.25) is 0 Å². The van der Waals surface area contributed by atoms with Gasteiger partial charge in [0.2, 0.25) is 0 Å². The third-order valence-electron chi connectivity index (χ3n) is 4.80. The number of imidazole rings is 1. The van der Waals surface area contributed by atoms with Crippen molar-refractivity contribution in [1.29, 1.82) is 0 Å². The van der Waals surface area contributed by atoms with Crippen LogP contribution in [0.3, 0.4) is 0 Å². The normalized spacial score (nSPS) is 14.5. The molecule has 31 heavy (non-hydrogen) atoms. The topological polar surface area (TPSA) is 134 Å². The zero-order chi connectivity index (χ0) is 22.2. The summed E-state index contributed by atoms with van der Waals surface area (Å²) in [5, 5.41) is 19.0. The molecule has 0 spiro atoms. The van der Waals surface area contributed by atoms with Gasteiger partial charge in [-0.05, 0) is 30.7 Å². The van der Waals surface area contributed by atoms with E-state index in [1.165, 1.54) is 0 Å². The summed E-state index contributed by atoms with van der Waals surface area (Å²) in [6, 6.07) is 5.96. The second-order valence-electron chi connectivity index (χ2n) is 7.02. The van der Waals surface area contributed by atoms with Crippen molar-refractivity contribution in [1.82, 2.24) is 24.8 Å². The van der Waals surface area contributed by atoms with Gasteiger partial charge in [-0.15, -0.1) is 0 Å². The number of piperazine rings is 1. The Balaban J connectivity index is 0.000000293. The number of aryl methyl sites for hydroxylation is 1. The summed E-state index contributed by atoms with van der Waals surface area (Å²) in [6.45, 7) is 7.77. The highest BCUT2D eigenvalue weighted by Gasteiger charge is 2.18. The van der Waals surface area contributed by atoms with E-state index < -0.39 is 11.9 Å². The summed E-state index contributed by atoms with van der Waals surface area (Å²) in [6.07, 6.45) is 4.68. The van der Waals surface area contributed by atoms with E-state index in [0.29, 0.717) is 18.7 Å². The van der Waals surface area contributed by atoms with Crippen LogP contribution < -0.4 is 5.32 Å². The van der Waals surface area contributed by atoms with Gasteiger partial charge in [-0.25, -0.2) is 19.6 Å². The van der Waals surface area contributed by atoms with Crippen molar-refractivity contribution < 1.29 is 24.2 Å². The number of aromatic nitrogens is 3. The molecule has 0 bridgehead atoms. The first-order valence-corrected chi connectivity index (χ1v) is 9.84. The number of nitrogens with one attached hydrogen (secondary N) is 1. The number of carbonyl (C=O) groups is 2. The highest BCUT2D eigenvalue weighted by atomic mass is 16.4. The van der Waals surface area contributed by atoms with Crippen molar-refractivity contribution in [2.24, 2.45) is 0 Å². The van der Waals surface area contributed by atoms with E-state index in [2.05, 4.69) is 26.7 Å². The van der Waals surface area contributed by atoms with Gasteiger partial charge >= 0.3 is 11.9 Å². The number of hydrogen-bond acceptors (Lipinski definition) is 7. The van der Waals surface area contributed by atoms with Crippen LogP contribution in [0, 0.1) is 6.92 Å². The Bertz CT molecular complexity index is 1050. The van der Waals surface area contributed by atoms with Gasteiger partial charge < -0.3 is 24.5 Å². The maximum Gasteiger partial charge on any atom is 0.328 e. The van der Waals surface area contributed by atoms with E-state index in [9.17, 15) is 9.59 Å². The van der Waals surface area contributed by atoms with E-state index >= 15 is 0 Å². The fraction of sp³-hybridized carbons (Fsp3) is 0.333. The zero-order valence-electron chi connectivity index (χ0n) is 17.2. The molecule has 4 heterocycles. The van der Waals surface area contributed by atoms with E-state index in [4.69, 9.17) is 19.6 Å². The molecule has 164 valence electrons. The second kappa shape index (κ2) is 10.5. The molecule has 0 aromatic carbocycles. The summed E-state index contributed by atoms with van der Waals surface area (Å²) >= 11 is 0. The Morgan fingerprint density at radius 3 is 2.48 bits per heavy atom. The van der Waals surface area contributed by atoms with Crippen LogP contribution in [0.4, 0.5) is 0 Å². The number of carboxylic acids is 2. The molecule has 0 atom stereocenters. The SMILES string of the molecule is Cc1ccoc1Cn1c(CN2CCNCC2)nc2cccnc21.O=C(O)C=CC(=O)O. The maximum absolute atomic E-state index is 9.55. The van der Waals surface area contributed by atoms with E-state index in [-0.39, 0.29) is 0 Å². The van der Waals surface area contributed by atoms with Gasteiger partial charge in [0.15, 0.2) is 5.65 Å². The number of hydrogen-bond donors (Lipinski definition) is 3. The molecule has 1 saturated heterocycles. The Kier molecular flexibility index (Phi) is 7.52. The summed E-state index contributed by atoms with van der Waals surface area (Å²) in [7, 11) is 0. The molecule has 3 aromatic rings. The molecule has 4 rings (SSSR count). The standard InChI is InChI=1S/C17H21N5O.C4H4O4/c1-13-4-10-23-15(13)11-22-16(12-21-8-6-18-7-9-21)20-14-3-2-5-19-17(14)22;5-3(6)1-2-4(7)8/h2-5,10,18H,6-9,11-12H2,1H3;1-2H,(H,5,6)(H,7,8). The first-order chi connectivity index (χ1) is 14.9. The first-order valence-electron chi connectivity index (χ1n) is 9.84. The van der Waals surface area contributed by atoms with Gasteiger partial charge in [-0.2, -0.15) is 0 Å². The quantitative estimate of drug-likeness (QED) is 0.500. The van der Waals surface area contributed by atoms with Crippen LogP contribution in [-0.2, 0) is 22.7 Å². The maximum atomic E-state index is 9.55. The molecule has 10 nitrogen and oxygen atoms in total. The Labute approximate surface area is 178 Å². The van der Waals surface area contributed by atoms with Gasteiger partial charge in [0.25, 0.3) is 0 Å². The molecule has 0 saturated carbocycles. The van der Waals surface area contributed by atoms with E-state index in [1.807, 2.05) is 24.4 Å². The third kappa shape index (κ3) is 6.24. The molecule has 3 aromatic heterocycles. The molecule has 1 aliphatic rings. The van der Waals surface area contributed by atoms with Gasteiger partial charge in [-0.1, -0.05) is 0 Å². The molecule has 0 unspecified atom stereocenters. The van der Waals surface area contributed by atoms with Crippen LogP contribution in [0.15, 0.2) is 47.2 Å². The minimum Gasteiger partial charge on any atom is -0.478 e. The lowest BCUT2D eigenvalue weighted by molar-refractivity contribution is -0.134. The summed E-state index contributed by atoms with van der Waals surface area (Å²) in [5.41, 5.74) is 3.03. The van der Waals surface area contributed by atoms with Crippen molar-refractivity contribution >= 4 is 23.1 Å². The van der Waals surface area contributed by atoms with Gasteiger partial charge in [-0.3, -0.25) is 4.90 Å². The lowest BCUT2D eigenvalue weighted by atomic mass is 10.3. The average Bonchev–Trinajstić information content (AvgIpc) is 3.31. The predicted molar refractivity (Wildman–Crippen MR) is 113 cm³/mol. The van der Waals surface area contributed by atoms with Crippen molar-refractivity contribution in [3.63, 3.8) is 0 Å². The zero-order valence-corrected chi connectivity index (χ0v) is 17.2. The lowest BCUT2D eigenvalue weighted by Crippen LogP contribution is -2.43. The van der Waals surface area contributed by atoms with Crippen molar-refractivity contribution in [3.8, 4) is 0 Å². The number of carboxylic acid groups (broad SMARTS) is 2. The number of rotatable bonds is 6. The third-order valence-corrected chi connectivity index (χ3v) is 4.80. The fourth-order valence-electron chi connectivity index (χ4n) is 3.21. The van der Waals surface area contributed by atoms with Crippen molar-refractivity contribution in [3.05, 3.63) is 60.0 Å². The van der Waals surface area contributed by atoms with E-state index in [1.54, 1.807) is 6.26 Å². The number of aliphatic carboxylic acids is 2. The monoisotopic (exact) mass is 427 g/mol. The summed E-state index contributed by atoms with van der Waals surface area (Å²) in [5.74, 6) is -0.493. The molecule has 10 heteroatoms. The van der Waals surface area contributed by atoms with Crippen molar-refractivity contribution in [2.45, 2.75) is 20.0 Å². The van der Waals surface area contributed by atoms with Crippen LogP contribution in [0.25, 0.3) is 11.2 Å². The van der Waals surface area contributed by atoms with Crippen LogP contribution in [0.1, 0.15) is 17.1 Å². The van der Waals surface area contributed by atoms with Crippen LogP contribution in [-0.4, -0.2) is 67.8 Å². The smallest absolute Gasteiger partial charge is 0.328 e. The predicted octanol–water partition coefficient (Wildman–Crippen LogP) is 1.50. The fourth-order valence-corrected chi connectivity index (χ4v) is 3.21. The van der Waals surface area contributed by atoms with Crippen molar-refractivity contribution in [2.75, 3.05) is 26.2 Å². The molecular formula is C21H25N5O5. The first kappa shape index (κ1) is 22.2. The second-order valence-corrected chi connectivity index (χ2v) is 7.02. The van der Waals surface area contributed by atoms with E-state index in [0.717, 1.165) is 61.0 Å². The number of nitrogens with zero attached hydrogens (tertiary/aromatic N) is 4. The highest BCUT2D eigenvalue weighted by molar-refractivity contribution is 5.89. The molecule has 0 radical (unpaired) electrons. The highest BCUT2D eigenvalue weighted by Crippen LogP contribution is 2.19. The van der Waals surface area contributed by atoms with Gasteiger partial charge in [0, 0.05) is 44.5 Å². The average molecular weight is 427 g/mol. The molecule has 1 aliphatic heterocycles. The largest absolute Gasteiger partial charge is 0.478 e. The number of furan rings is 1. The molecule has 3 N–H and O–H groups in total. The number of pyridine rings is 1. The molecule has 0 aliphatic carbocycles. The van der Waals surface area contributed by atoms with Crippen LogP contribution in [0.5, 0.6) is 0 Å². The van der Waals surface area contributed by atoms with Gasteiger partial charge in [0.1, 0.15) is 17.1 Å². The molecule has 0 amide bonds. The summed E-state index contributed by atoms with van der Waals surface area (Å²) in [4.78, 5) is 30.9. The Hall–Kier alpha value is -3.50. The lowest BCUT2D eigenvalue weighted by Gasteiger charge is -2.26.